The van der Waals surface area contributed by atoms with E-state index in [2.05, 4.69) is 95.2 Å². The number of hydrogen-bond donors (Lipinski definition) is 0. The average Bonchev–Trinajstić information content (AvgIpc) is 2.80. The Balaban J connectivity index is 0.00000441. The van der Waals surface area contributed by atoms with Crippen molar-refractivity contribution in [3.8, 4) is 11.5 Å². The minimum atomic E-state index is -0.248. The smallest absolute Gasteiger partial charge is 1.00 e. The number of rotatable bonds is 4. The second-order valence-electron chi connectivity index (χ2n) is 15.9. The zero-order chi connectivity index (χ0) is 30.3. The molecule has 1 fully saturated rings. The van der Waals surface area contributed by atoms with Crippen LogP contribution >= 0.6 is 0 Å². The van der Waals surface area contributed by atoms with E-state index in [1.807, 2.05) is 12.1 Å². The molecule has 232 valence electrons. The molecule has 4 nitrogen and oxygen atoms in total. The van der Waals surface area contributed by atoms with Gasteiger partial charge in [-0.3, -0.25) is 9.98 Å². The molecule has 0 N–H and O–H groups in total. The zero-order valence-corrected chi connectivity index (χ0v) is 29.9. The van der Waals surface area contributed by atoms with Crippen molar-refractivity contribution in [1.29, 1.82) is 0 Å². The van der Waals surface area contributed by atoms with Crippen molar-refractivity contribution >= 4 is 12.4 Å². The summed E-state index contributed by atoms with van der Waals surface area (Å²) >= 11 is 0. The fraction of sp³-hybridized carbons (Fsp3) is 0.611. The van der Waals surface area contributed by atoms with E-state index in [0.29, 0.717) is 11.1 Å². The Hall–Kier alpha value is -1.81. The van der Waals surface area contributed by atoms with E-state index in [1.165, 1.54) is 0 Å². The predicted octanol–water partition coefficient (Wildman–Crippen LogP) is 4.87. The van der Waals surface area contributed by atoms with Crippen molar-refractivity contribution in [3.63, 3.8) is 0 Å². The minimum Gasteiger partial charge on any atom is -1.00 e. The maximum Gasteiger partial charge on any atom is 3.00 e. The van der Waals surface area contributed by atoms with Crippen LogP contribution in [-0.4, -0.2) is 24.5 Å². The van der Waals surface area contributed by atoms with E-state index < -0.39 is 0 Å². The molecule has 0 bridgehead atoms. The van der Waals surface area contributed by atoms with Crippen molar-refractivity contribution in [3.05, 3.63) is 57.6 Å². The summed E-state index contributed by atoms with van der Waals surface area (Å²) in [5.74, 6) is 0.120. The summed E-state index contributed by atoms with van der Waals surface area (Å²) in [6, 6.07) is 8.15. The van der Waals surface area contributed by atoms with E-state index in [4.69, 9.17) is 9.98 Å². The van der Waals surface area contributed by atoms with Crippen LogP contribution in [0.25, 0.3) is 0 Å². The molecule has 2 aromatic carbocycles. The number of hydrogen-bond acceptors (Lipinski definition) is 4. The largest absolute Gasteiger partial charge is 3.00 e. The fourth-order valence-electron chi connectivity index (χ4n) is 5.27. The molecule has 0 radical (unpaired) electrons. The minimum absolute atomic E-state index is 0. The summed E-state index contributed by atoms with van der Waals surface area (Å²) < 4.78 is 0. The molecule has 1 aliphatic carbocycles. The first-order valence-electron chi connectivity index (χ1n) is 15.0. The number of halogens is 1. The maximum absolute atomic E-state index is 13.5. The maximum atomic E-state index is 13.5. The summed E-state index contributed by atoms with van der Waals surface area (Å²) in [7, 11) is 0. The molecule has 2 aromatic rings. The fourth-order valence-corrected chi connectivity index (χ4v) is 5.27. The van der Waals surface area contributed by atoms with Crippen molar-refractivity contribution in [2.45, 2.75) is 143 Å². The van der Waals surface area contributed by atoms with E-state index in [-0.39, 0.29) is 74.7 Å². The Kier molecular flexibility index (Phi) is 12.6. The SMILES string of the molecule is CC(C)(C)c1cc(C=NC2CCCCC2N=Cc2cc(C(C)(C)C)cc(C(C)(C)C)c2[O-])c([O-])c(C(C)(C)C)c1.[Cl-].[Mn+3]. The predicted molar refractivity (Wildman–Crippen MR) is 168 cm³/mol. The van der Waals surface area contributed by atoms with Gasteiger partial charge in [0, 0.05) is 12.4 Å². The van der Waals surface area contributed by atoms with Crippen molar-refractivity contribution in [2.75, 3.05) is 0 Å². The van der Waals surface area contributed by atoms with Gasteiger partial charge in [0.25, 0.3) is 0 Å². The molecule has 0 amide bonds. The normalized spacial score (nSPS) is 18.7. The Bertz CT molecular complexity index is 1170. The van der Waals surface area contributed by atoms with E-state index in [0.717, 1.165) is 47.9 Å². The van der Waals surface area contributed by atoms with Gasteiger partial charge in [-0.1, -0.05) is 132 Å². The third-order valence-corrected chi connectivity index (χ3v) is 8.09. The molecule has 3 rings (SSSR count). The van der Waals surface area contributed by atoms with Gasteiger partial charge in [0.15, 0.2) is 0 Å². The van der Waals surface area contributed by atoms with Gasteiger partial charge in [0.05, 0.1) is 12.1 Å². The molecule has 1 saturated carbocycles. The van der Waals surface area contributed by atoms with Gasteiger partial charge in [0.1, 0.15) is 0 Å². The van der Waals surface area contributed by atoms with Gasteiger partial charge in [-0.15, -0.1) is 0 Å². The van der Waals surface area contributed by atoms with Gasteiger partial charge in [-0.05, 0) is 67.9 Å². The summed E-state index contributed by atoms with van der Waals surface area (Å²) in [5.41, 5.74) is 4.62. The van der Waals surface area contributed by atoms with Gasteiger partial charge in [-0.25, -0.2) is 0 Å². The molecule has 2 unspecified atom stereocenters. The van der Waals surface area contributed by atoms with Crippen LogP contribution in [0.15, 0.2) is 34.3 Å². The monoisotopic (exact) mass is 634 g/mol. The van der Waals surface area contributed by atoms with Crippen molar-refractivity contribution < 1.29 is 39.7 Å². The van der Waals surface area contributed by atoms with Gasteiger partial charge in [0.2, 0.25) is 0 Å². The van der Waals surface area contributed by atoms with Crippen LogP contribution in [0.5, 0.6) is 11.5 Å². The zero-order valence-electron chi connectivity index (χ0n) is 27.9. The number of benzene rings is 2. The number of nitrogens with zero attached hydrogens (tertiary/aromatic N) is 2. The molecule has 0 saturated heterocycles. The van der Waals surface area contributed by atoms with Crippen LogP contribution in [0, 0.1) is 0 Å². The number of aliphatic imine (C=N–C) groups is 2. The summed E-state index contributed by atoms with van der Waals surface area (Å²) in [6.45, 7) is 25.6. The molecule has 42 heavy (non-hydrogen) atoms. The third kappa shape index (κ3) is 9.34. The standard InChI is InChI=1S/C36H54N2O2.ClH.Mn/c1-33(2,3)25-17-23(31(39)27(19-25)35(7,8)9)21-37-29-15-13-14-16-30(29)38-22-24-18-26(34(4,5)6)20-28(32(24)40)36(10,11)12;;/h17-22,29-30,39-40H,13-16H2,1-12H3;1H;/q;;+3/p-3. The summed E-state index contributed by atoms with van der Waals surface area (Å²) in [6.07, 6.45) is 7.63. The molecular formula is C36H52ClMnN2O2. The van der Waals surface area contributed by atoms with Crippen molar-refractivity contribution in [1.82, 2.24) is 0 Å². The Labute approximate surface area is 272 Å². The molecular weight excluding hydrogens is 583 g/mol. The molecule has 0 aromatic heterocycles. The Morgan fingerprint density at radius 3 is 1.14 bits per heavy atom. The molecule has 0 heterocycles. The van der Waals surface area contributed by atoms with Gasteiger partial charge in [-0.2, -0.15) is 0 Å². The van der Waals surface area contributed by atoms with E-state index in [9.17, 15) is 10.2 Å². The van der Waals surface area contributed by atoms with Crippen LogP contribution in [0.2, 0.25) is 0 Å². The summed E-state index contributed by atoms with van der Waals surface area (Å²) in [5, 5.41) is 26.9. The quantitative estimate of drug-likeness (QED) is 0.356. The topological polar surface area (TPSA) is 70.8 Å². The second kappa shape index (κ2) is 13.9. The van der Waals surface area contributed by atoms with Crippen LogP contribution in [0.4, 0.5) is 0 Å². The average molecular weight is 635 g/mol. The molecule has 6 heteroatoms. The van der Waals surface area contributed by atoms with Crippen LogP contribution < -0.4 is 22.6 Å². The van der Waals surface area contributed by atoms with E-state index in [1.54, 1.807) is 12.4 Å². The van der Waals surface area contributed by atoms with Gasteiger partial charge < -0.3 is 22.6 Å². The molecule has 0 aliphatic heterocycles. The summed E-state index contributed by atoms with van der Waals surface area (Å²) in [4.78, 5) is 9.95. The second-order valence-corrected chi connectivity index (χ2v) is 15.9. The third-order valence-electron chi connectivity index (χ3n) is 8.09. The first-order valence-corrected chi connectivity index (χ1v) is 15.0. The Morgan fingerprint density at radius 2 is 0.881 bits per heavy atom. The van der Waals surface area contributed by atoms with Crippen LogP contribution in [0.1, 0.15) is 142 Å². The first-order chi connectivity index (χ1) is 18.2. The van der Waals surface area contributed by atoms with Crippen LogP contribution in [0.3, 0.4) is 0 Å². The Morgan fingerprint density at radius 1 is 0.571 bits per heavy atom. The van der Waals surface area contributed by atoms with Gasteiger partial charge >= 0.3 is 17.1 Å². The van der Waals surface area contributed by atoms with E-state index >= 15 is 0 Å². The molecule has 2 atom stereocenters. The molecule has 1 aliphatic rings. The molecule has 0 spiro atoms. The van der Waals surface area contributed by atoms with Crippen LogP contribution in [-0.2, 0) is 38.7 Å². The van der Waals surface area contributed by atoms with Crippen molar-refractivity contribution in [2.24, 2.45) is 9.98 Å². The first kappa shape index (κ1) is 38.2.